The van der Waals surface area contributed by atoms with Crippen LogP contribution < -0.4 is 16.0 Å². The van der Waals surface area contributed by atoms with Gasteiger partial charge in [0.05, 0.1) is 0 Å². The molecule has 0 bridgehead atoms. The highest BCUT2D eigenvalue weighted by Crippen LogP contribution is 2.26. The first-order chi connectivity index (χ1) is 11.0. The van der Waals surface area contributed by atoms with Crippen LogP contribution in [0.3, 0.4) is 0 Å². The Morgan fingerprint density at radius 2 is 1.57 bits per heavy atom. The van der Waals surface area contributed by atoms with Gasteiger partial charge in [-0.25, -0.2) is 0 Å². The number of anilines is 3. The van der Waals surface area contributed by atoms with E-state index in [-0.39, 0.29) is 5.92 Å². The third-order valence-electron chi connectivity index (χ3n) is 3.23. The number of nitrogen functional groups attached to an aromatic ring is 1. The van der Waals surface area contributed by atoms with Crippen molar-refractivity contribution in [2.75, 3.05) is 17.2 Å². The molecule has 0 aliphatic heterocycles. The quantitative estimate of drug-likeness (QED) is 0.673. The van der Waals surface area contributed by atoms with Crippen molar-refractivity contribution in [1.82, 2.24) is 5.32 Å². The lowest BCUT2D eigenvalue weighted by Crippen LogP contribution is -2.42. The van der Waals surface area contributed by atoms with Crippen molar-refractivity contribution in [3.05, 3.63) is 54.6 Å². The standard InChI is InChI=1S/C18H21N3O2/c1-13(2)12-20-17(22)18(23)21(15-6-4-3-5-7-15)16-10-8-14(19)9-11-16/h3-11,13H,12,19H2,1-2H3,(H,20,22). The molecule has 0 fully saturated rings. The fraction of sp³-hybridized carbons (Fsp3) is 0.222. The van der Waals surface area contributed by atoms with Crippen molar-refractivity contribution in [2.24, 2.45) is 5.92 Å². The highest BCUT2D eigenvalue weighted by molar-refractivity contribution is 6.42. The molecular formula is C18H21N3O2. The van der Waals surface area contributed by atoms with Gasteiger partial charge < -0.3 is 11.1 Å². The van der Waals surface area contributed by atoms with E-state index in [9.17, 15) is 9.59 Å². The average Bonchev–Trinajstić information content (AvgIpc) is 2.55. The predicted molar refractivity (Wildman–Crippen MR) is 92.3 cm³/mol. The van der Waals surface area contributed by atoms with Crippen molar-refractivity contribution >= 4 is 28.9 Å². The molecule has 0 unspecified atom stereocenters. The zero-order valence-corrected chi connectivity index (χ0v) is 13.3. The lowest BCUT2D eigenvalue weighted by molar-refractivity contribution is -0.137. The summed E-state index contributed by atoms with van der Waals surface area (Å²) >= 11 is 0. The third-order valence-corrected chi connectivity index (χ3v) is 3.23. The van der Waals surface area contributed by atoms with Crippen LogP contribution in [0.1, 0.15) is 13.8 Å². The predicted octanol–water partition coefficient (Wildman–Crippen LogP) is 2.71. The Balaban J connectivity index is 2.32. The number of carbonyl (C=O) groups excluding carboxylic acids is 2. The molecule has 2 aromatic rings. The number of rotatable bonds is 4. The van der Waals surface area contributed by atoms with E-state index in [4.69, 9.17) is 5.73 Å². The summed E-state index contributed by atoms with van der Waals surface area (Å²) in [6.07, 6.45) is 0. The molecule has 0 aliphatic rings. The number of nitrogens with zero attached hydrogens (tertiary/aromatic N) is 1. The van der Waals surface area contributed by atoms with Crippen LogP contribution in [-0.2, 0) is 9.59 Å². The lowest BCUT2D eigenvalue weighted by Gasteiger charge is -2.22. The molecule has 0 saturated heterocycles. The first-order valence-electron chi connectivity index (χ1n) is 7.52. The van der Waals surface area contributed by atoms with Gasteiger partial charge in [0.25, 0.3) is 0 Å². The molecule has 0 aromatic heterocycles. The van der Waals surface area contributed by atoms with Crippen LogP contribution in [0.4, 0.5) is 17.1 Å². The van der Waals surface area contributed by atoms with Gasteiger partial charge in [-0.1, -0.05) is 32.0 Å². The minimum Gasteiger partial charge on any atom is -0.399 e. The van der Waals surface area contributed by atoms with Gasteiger partial charge in [0, 0.05) is 23.6 Å². The molecular weight excluding hydrogens is 290 g/mol. The maximum absolute atomic E-state index is 12.6. The Labute approximate surface area is 136 Å². The summed E-state index contributed by atoms with van der Waals surface area (Å²) in [4.78, 5) is 26.2. The van der Waals surface area contributed by atoms with Gasteiger partial charge in [-0.15, -0.1) is 0 Å². The lowest BCUT2D eigenvalue weighted by atomic mass is 10.2. The summed E-state index contributed by atoms with van der Waals surface area (Å²) < 4.78 is 0. The number of nitrogens with one attached hydrogen (secondary N) is 1. The molecule has 23 heavy (non-hydrogen) atoms. The second-order valence-corrected chi connectivity index (χ2v) is 5.67. The van der Waals surface area contributed by atoms with E-state index in [2.05, 4.69) is 5.32 Å². The van der Waals surface area contributed by atoms with Crippen LogP contribution in [0, 0.1) is 5.92 Å². The Kier molecular flexibility index (Phi) is 5.36. The summed E-state index contributed by atoms with van der Waals surface area (Å²) in [6.45, 7) is 4.40. The van der Waals surface area contributed by atoms with Crippen LogP contribution >= 0.6 is 0 Å². The monoisotopic (exact) mass is 311 g/mol. The summed E-state index contributed by atoms with van der Waals surface area (Å²) in [7, 11) is 0. The topological polar surface area (TPSA) is 75.4 Å². The Hall–Kier alpha value is -2.82. The van der Waals surface area contributed by atoms with E-state index in [0.717, 1.165) is 0 Å². The molecule has 0 spiro atoms. The van der Waals surface area contributed by atoms with Crippen molar-refractivity contribution in [3.63, 3.8) is 0 Å². The third kappa shape index (κ3) is 4.32. The van der Waals surface area contributed by atoms with Crippen molar-refractivity contribution < 1.29 is 9.59 Å². The van der Waals surface area contributed by atoms with Gasteiger partial charge in [0.1, 0.15) is 0 Å². The van der Waals surface area contributed by atoms with Gasteiger partial charge in [-0.05, 0) is 42.3 Å². The van der Waals surface area contributed by atoms with Crippen LogP contribution in [0.25, 0.3) is 0 Å². The van der Waals surface area contributed by atoms with E-state index in [1.165, 1.54) is 4.90 Å². The van der Waals surface area contributed by atoms with E-state index in [1.54, 1.807) is 36.4 Å². The minimum absolute atomic E-state index is 0.272. The Morgan fingerprint density at radius 1 is 1.00 bits per heavy atom. The number of amides is 2. The van der Waals surface area contributed by atoms with E-state index < -0.39 is 11.8 Å². The maximum atomic E-state index is 12.6. The van der Waals surface area contributed by atoms with Crippen molar-refractivity contribution in [3.8, 4) is 0 Å². The van der Waals surface area contributed by atoms with Crippen molar-refractivity contribution in [1.29, 1.82) is 0 Å². The molecule has 5 heteroatoms. The molecule has 0 heterocycles. The molecule has 0 saturated carbocycles. The first-order valence-corrected chi connectivity index (χ1v) is 7.52. The van der Waals surface area contributed by atoms with Crippen LogP contribution in [0.5, 0.6) is 0 Å². The van der Waals surface area contributed by atoms with Gasteiger partial charge >= 0.3 is 11.8 Å². The first kappa shape index (κ1) is 16.5. The fourth-order valence-electron chi connectivity index (χ4n) is 2.06. The molecule has 3 N–H and O–H groups in total. The second kappa shape index (κ2) is 7.45. The summed E-state index contributed by atoms with van der Waals surface area (Å²) in [6, 6.07) is 15.9. The number of carbonyl (C=O) groups is 2. The van der Waals surface area contributed by atoms with Crippen LogP contribution in [0.15, 0.2) is 54.6 Å². The molecule has 2 amide bonds. The Morgan fingerprint density at radius 3 is 2.13 bits per heavy atom. The van der Waals surface area contributed by atoms with Gasteiger partial charge in [-0.2, -0.15) is 0 Å². The molecule has 120 valence electrons. The molecule has 2 rings (SSSR count). The van der Waals surface area contributed by atoms with Gasteiger partial charge in [0.15, 0.2) is 0 Å². The smallest absolute Gasteiger partial charge is 0.320 e. The summed E-state index contributed by atoms with van der Waals surface area (Å²) in [5.41, 5.74) is 7.51. The highest BCUT2D eigenvalue weighted by atomic mass is 16.2. The highest BCUT2D eigenvalue weighted by Gasteiger charge is 2.24. The SMILES string of the molecule is CC(C)CNC(=O)C(=O)N(c1ccccc1)c1ccc(N)cc1. The van der Waals surface area contributed by atoms with Crippen LogP contribution in [0.2, 0.25) is 0 Å². The van der Waals surface area contributed by atoms with Crippen molar-refractivity contribution in [2.45, 2.75) is 13.8 Å². The largest absolute Gasteiger partial charge is 0.399 e. The molecule has 0 aliphatic carbocycles. The minimum atomic E-state index is -0.626. The number of benzene rings is 2. The second-order valence-electron chi connectivity index (χ2n) is 5.67. The number of hydrogen-bond donors (Lipinski definition) is 2. The molecule has 0 radical (unpaired) electrons. The summed E-state index contributed by atoms with van der Waals surface area (Å²) in [5, 5.41) is 2.66. The van der Waals surface area contributed by atoms with E-state index >= 15 is 0 Å². The molecule has 5 nitrogen and oxygen atoms in total. The normalized spacial score (nSPS) is 10.4. The number of para-hydroxylation sites is 1. The van der Waals surface area contributed by atoms with Gasteiger partial charge in [0.2, 0.25) is 0 Å². The van der Waals surface area contributed by atoms with Gasteiger partial charge in [-0.3, -0.25) is 14.5 Å². The van der Waals surface area contributed by atoms with E-state index in [1.807, 2.05) is 32.0 Å². The summed E-state index contributed by atoms with van der Waals surface area (Å²) in [5.74, 6) is -0.977. The molecule has 0 atom stereocenters. The van der Waals surface area contributed by atoms with Crippen LogP contribution in [-0.4, -0.2) is 18.4 Å². The van der Waals surface area contributed by atoms with E-state index in [0.29, 0.717) is 23.6 Å². The maximum Gasteiger partial charge on any atom is 0.320 e. The average molecular weight is 311 g/mol. The zero-order chi connectivity index (χ0) is 16.8. The Bertz CT molecular complexity index is 666. The number of nitrogens with two attached hydrogens (primary N) is 1. The molecule has 2 aromatic carbocycles. The fourth-order valence-corrected chi connectivity index (χ4v) is 2.06. The number of hydrogen-bond acceptors (Lipinski definition) is 3. The zero-order valence-electron chi connectivity index (χ0n) is 13.3.